The number of benzene rings is 1. The molecule has 0 fully saturated rings. The zero-order chi connectivity index (χ0) is 15.4. The Balaban J connectivity index is 2.11. The molecule has 21 heavy (non-hydrogen) atoms. The van der Waals surface area contributed by atoms with Crippen LogP contribution in [0, 0.1) is 6.92 Å². The number of carbonyl (C=O) groups excluding carboxylic acids is 1. The van der Waals surface area contributed by atoms with Gasteiger partial charge in [0.2, 0.25) is 5.91 Å². The van der Waals surface area contributed by atoms with Gasteiger partial charge in [-0.25, -0.2) is 0 Å². The Morgan fingerprint density at radius 2 is 2.10 bits per heavy atom. The Bertz CT molecular complexity index is 652. The number of aromatic nitrogens is 1. The van der Waals surface area contributed by atoms with E-state index in [4.69, 9.17) is 5.73 Å². The zero-order valence-corrected chi connectivity index (χ0v) is 12.7. The molecule has 0 unspecified atom stereocenters. The second-order valence-electron chi connectivity index (χ2n) is 5.49. The lowest BCUT2D eigenvalue weighted by Gasteiger charge is -2.12. The van der Waals surface area contributed by atoms with Crippen LogP contribution in [0.1, 0.15) is 26.0 Å². The van der Waals surface area contributed by atoms with Gasteiger partial charge in [0, 0.05) is 41.5 Å². The summed E-state index contributed by atoms with van der Waals surface area (Å²) < 4.78 is 0. The van der Waals surface area contributed by atoms with Crippen molar-refractivity contribution in [2.45, 2.75) is 33.2 Å². The molecule has 1 aromatic carbocycles. The van der Waals surface area contributed by atoms with Crippen molar-refractivity contribution in [1.29, 1.82) is 0 Å². The fourth-order valence-electron chi connectivity index (χ4n) is 2.23. The van der Waals surface area contributed by atoms with E-state index in [1.54, 1.807) is 0 Å². The van der Waals surface area contributed by atoms with Gasteiger partial charge in [0.1, 0.15) is 0 Å². The quantitative estimate of drug-likeness (QED) is 0.738. The van der Waals surface area contributed by atoms with Crippen molar-refractivity contribution >= 4 is 28.2 Å². The molecule has 1 heterocycles. The van der Waals surface area contributed by atoms with Gasteiger partial charge < -0.3 is 16.4 Å². The number of rotatable bonds is 5. The number of fused-ring (bicyclic) bond motifs is 1. The van der Waals surface area contributed by atoms with Crippen LogP contribution in [0.5, 0.6) is 0 Å². The van der Waals surface area contributed by atoms with Gasteiger partial charge in [0.25, 0.3) is 0 Å². The molecular formula is C16H22N4O. The molecule has 0 bridgehead atoms. The average Bonchev–Trinajstić information content (AvgIpc) is 2.38. The van der Waals surface area contributed by atoms with Crippen LogP contribution in [0.25, 0.3) is 10.9 Å². The Hall–Kier alpha value is -2.30. The molecule has 0 aliphatic heterocycles. The smallest absolute Gasteiger partial charge is 0.221 e. The van der Waals surface area contributed by atoms with E-state index in [0.29, 0.717) is 18.7 Å². The molecule has 112 valence electrons. The number of nitrogens with zero attached hydrogens (tertiary/aromatic N) is 1. The maximum Gasteiger partial charge on any atom is 0.221 e. The highest BCUT2D eigenvalue weighted by Gasteiger charge is 2.06. The van der Waals surface area contributed by atoms with E-state index in [1.165, 1.54) is 0 Å². The topological polar surface area (TPSA) is 80.0 Å². The van der Waals surface area contributed by atoms with Crippen LogP contribution in [-0.4, -0.2) is 23.5 Å². The van der Waals surface area contributed by atoms with E-state index in [1.807, 2.05) is 45.0 Å². The predicted octanol–water partition coefficient (Wildman–Crippen LogP) is 2.45. The second kappa shape index (κ2) is 6.43. The number of anilines is 2. The summed E-state index contributed by atoms with van der Waals surface area (Å²) in [5.74, 6) is 0.0482. The maximum absolute atomic E-state index is 11.6. The highest BCUT2D eigenvalue weighted by atomic mass is 16.1. The van der Waals surface area contributed by atoms with Crippen LogP contribution in [0.15, 0.2) is 24.3 Å². The molecule has 1 aromatic heterocycles. The van der Waals surface area contributed by atoms with E-state index < -0.39 is 0 Å². The van der Waals surface area contributed by atoms with Gasteiger partial charge in [-0.15, -0.1) is 0 Å². The summed E-state index contributed by atoms with van der Waals surface area (Å²) in [6.45, 7) is 6.43. The maximum atomic E-state index is 11.6. The van der Waals surface area contributed by atoms with Crippen molar-refractivity contribution in [3.8, 4) is 0 Å². The molecule has 0 radical (unpaired) electrons. The van der Waals surface area contributed by atoms with E-state index in [9.17, 15) is 4.79 Å². The number of nitrogens with one attached hydrogen (secondary N) is 2. The lowest BCUT2D eigenvalue weighted by Crippen LogP contribution is -2.31. The third kappa shape index (κ3) is 4.08. The van der Waals surface area contributed by atoms with Crippen molar-refractivity contribution in [3.63, 3.8) is 0 Å². The van der Waals surface area contributed by atoms with Gasteiger partial charge in [-0.1, -0.05) is 0 Å². The van der Waals surface area contributed by atoms with Crippen molar-refractivity contribution in [3.05, 3.63) is 30.0 Å². The average molecular weight is 286 g/mol. The first-order valence-electron chi connectivity index (χ1n) is 7.16. The van der Waals surface area contributed by atoms with Crippen LogP contribution in [0.2, 0.25) is 0 Å². The van der Waals surface area contributed by atoms with Gasteiger partial charge in [-0.2, -0.15) is 0 Å². The first kappa shape index (κ1) is 15.1. The van der Waals surface area contributed by atoms with Crippen LogP contribution in [0.4, 0.5) is 11.4 Å². The highest BCUT2D eigenvalue weighted by Crippen LogP contribution is 2.25. The Morgan fingerprint density at radius 3 is 2.81 bits per heavy atom. The number of nitrogen functional groups attached to an aromatic ring is 1. The van der Waals surface area contributed by atoms with Crippen LogP contribution in [0.3, 0.4) is 0 Å². The van der Waals surface area contributed by atoms with Gasteiger partial charge in [-0.05, 0) is 45.0 Å². The molecule has 0 atom stereocenters. The highest BCUT2D eigenvalue weighted by molar-refractivity contribution is 5.93. The Kier molecular flexibility index (Phi) is 4.62. The summed E-state index contributed by atoms with van der Waals surface area (Å²) in [7, 11) is 0. The standard InChI is InChI=1S/C16H22N4O/c1-10(2)19-16(21)6-7-18-15-8-11(3)20-14-5-4-12(17)9-13(14)15/h4-5,8-10H,6-7,17H2,1-3H3,(H,18,20)(H,19,21). The number of hydrogen-bond donors (Lipinski definition) is 3. The largest absolute Gasteiger partial charge is 0.399 e. The molecule has 2 aromatic rings. The molecule has 0 saturated heterocycles. The molecule has 5 nitrogen and oxygen atoms in total. The molecule has 0 aliphatic rings. The van der Waals surface area contributed by atoms with E-state index >= 15 is 0 Å². The van der Waals surface area contributed by atoms with Crippen LogP contribution < -0.4 is 16.4 Å². The fraction of sp³-hybridized carbons (Fsp3) is 0.375. The van der Waals surface area contributed by atoms with Crippen molar-refractivity contribution < 1.29 is 4.79 Å². The minimum absolute atomic E-state index is 0.0482. The van der Waals surface area contributed by atoms with Crippen molar-refractivity contribution in [2.24, 2.45) is 0 Å². The molecule has 5 heteroatoms. The summed E-state index contributed by atoms with van der Waals surface area (Å²) in [6.07, 6.45) is 0.434. The Morgan fingerprint density at radius 1 is 1.33 bits per heavy atom. The first-order valence-corrected chi connectivity index (χ1v) is 7.16. The third-order valence-electron chi connectivity index (χ3n) is 3.08. The lowest BCUT2D eigenvalue weighted by atomic mass is 10.1. The predicted molar refractivity (Wildman–Crippen MR) is 87.3 cm³/mol. The molecule has 0 aliphatic carbocycles. The minimum Gasteiger partial charge on any atom is -0.399 e. The number of aryl methyl sites for hydroxylation is 1. The summed E-state index contributed by atoms with van der Waals surface area (Å²) in [6, 6.07) is 7.80. The summed E-state index contributed by atoms with van der Waals surface area (Å²) in [5.41, 5.74) is 9.34. The number of pyridine rings is 1. The van der Waals surface area contributed by atoms with Crippen LogP contribution in [-0.2, 0) is 4.79 Å². The number of nitrogens with two attached hydrogens (primary N) is 1. The molecule has 0 spiro atoms. The van der Waals surface area contributed by atoms with Crippen LogP contribution >= 0.6 is 0 Å². The van der Waals surface area contributed by atoms with Gasteiger partial charge >= 0.3 is 0 Å². The second-order valence-corrected chi connectivity index (χ2v) is 5.49. The first-order chi connectivity index (χ1) is 9.95. The molecule has 1 amide bonds. The molecular weight excluding hydrogens is 264 g/mol. The summed E-state index contributed by atoms with van der Waals surface area (Å²) >= 11 is 0. The Labute approximate surface area is 124 Å². The van der Waals surface area contributed by atoms with Gasteiger partial charge in [-0.3, -0.25) is 9.78 Å². The molecule has 2 rings (SSSR count). The summed E-state index contributed by atoms with van der Waals surface area (Å²) in [5, 5.41) is 7.16. The third-order valence-corrected chi connectivity index (χ3v) is 3.08. The zero-order valence-electron chi connectivity index (χ0n) is 12.7. The molecule has 4 N–H and O–H groups in total. The van der Waals surface area contributed by atoms with Gasteiger partial charge in [0.15, 0.2) is 0 Å². The summed E-state index contributed by atoms with van der Waals surface area (Å²) in [4.78, 5) is 16.1. The lowest BCUT2D eigenvalue weighted by molar-refractivity contribution is -0.121. The molecule has 0 saturated carbocycles. The number of hydrogen-bond acceptors (Lipinski definition) is 4. The van der Waals surface area contributed by atoms with Crippen molar-refractivity contribution in [2.75, 3.05) is 17.6 Å². The SMILES string of the molecule is Cc1cc(NCCC(=O)NC(C)C)c2cc(N)ccc2n1. The van der Waals surface area contributed by atoms with E-state index in [2.05, 4.69) is 15.6 Å². The fourth-order valence-corrected chi connectivity index (χ4v) is 2.23. The van der Waals surface area contributed by atoms with E-state index in [-0.39, 0.29) is 11.9 Å². The minimum atomic E-state index is 0.0482. The van der Waals surface area contributed by atoms with Gasteiger partial charge in [0.05, 0.1) is 5.52 Å². The van der Waals surface area contributed by atoms with Crippen molar-refractivity contribution in [1.82, 2.24) is 10.3 Å². The van der Waals surface area contributed by atoms with E-state index in [0.717, 1.165) is 22.3 Å². The monoisotopic (exact) mass is 286 g/mol. The number of carbonyl (C=O) groups is 1. The normalized spacial score (nSPS) is 10.9. The number of amides is 1.